The Morgan fingerprint density at radius 1 is 1.00 bits per heavy atom. The topological polar surface area (TPSA) is 24.9 Å². The number of aromatic nitrogens is 1. The lowest BCUT2D eigenvalue weighted by Crippen LogP contribution is -2.18. The second-order valence-electron chi connectivity index (χ2n) is 7.21. The zero-order valence-corrected chi connectivity index (χ0v) is 18.2. The molecule has 0 radical (unpaired) electrons. The van der Waals surface area contributed by atoms with Crippen LogP contribution < -0.4 is 15.1 Å². The molecule has 30 heavy (non-hydrogen) atoms. The van der Waals surface area contributed by atoms with Crippen LogP contribution in [0.25, 0.3) is 27.8 Å². The molecule has 3 heteroatoms. The summed E-state index contributed by atoms with van der Waals surface area (Å²) in [5.74, 6) is 0. The number of nitrogens with zero attached hydrogens (tertiary/aromatic N) is 1. The molecular weight excluding hydrogens is 384 g/mol. The lowest BCUT2D eigenvalue weighted by atomic mass is 10.1. The van der Waals surface area contributed by atoms with E-state index < -0.39 is 0 Å². The number of anilines is 1. The van der Waals surface area contributed by atoms with Crippen molar-refractivity contribution in [3.63, 3.8) is 0 Å². The maximum absolute atomic E-state index is 4.42. The average molecular weight is 411 g/mol. The van der Waals surface area contributed by atoms with E-state index in [0.717, 1.165) is 18.7 Å². The highest BCUT2D eigenvalue weighted by atomic mass is 32.1. The number of allylic oxidation sites excluding steroid dienone is 1. The highest BCUT2D eigenvalue weighted by molar-refractivity contribution is 7.17. The second kappa shape index (κ2) is 9.55. The molecule has 0 unspecified atom stereocenters. The Morgan fingerprint density at radius 3 is 2.63 bits per heavy atom. The largest absolute Gasteiger partial charge is 0.384 e. The van der Waals surface area contributed by atoms with Crippen LogP contribution in [0.5, 0.6) is 0 Å². The molecule has 2 aromatic heterocycles. The van der Waals surface area contributed by atoms with E-state index in [-0.39, 0.29) is 0 Å². The van der Waals surface area contributed by atoms with E-state index in [9.17, 15) is 0 Å². The summed E-state index contributed by atoms with van der Waals surface area (Å²) in [6, 6.07) is 23.2. The van der Waals surface area contributed by atoms with Gasteiger partial charge >= 0.3 is 0 Å². The fourth-order valence-corrected chi connectivity index (χ4v) is 4.65. The predicted octanol–water partition coefficient (Wildman–Crippen LogP) is 5.83. The van der Waals surface area contributed by atoms with Crippen molar-refractivity contribution in [1.29, 1.82) is 0 Å². The van der Waals surface area contributed by atoms with Crippen LogP contribution in [-0.2, 0) is 0 Å². The third kappa shape index (κ3) is 4.52. The Hall–Kier alpha value is -3.17. The summed E-state index contributed by atoms with van der Waals surface area (Å²) in [7, 11) is 0. The van der Waals surface area contributed by atoms with Crippen LogP contribution in [0.15, 0.2) is 79.0 Å². The first-order chi connectivity index (χ1) is 14.8. The minimum Gasteiger partial charge on any atom is -0.384 e. The van der Waals surface area contributed by atoms with Gasteiger partial charge in [0.2, 0.25) is 0 Å². The van der Waals surface area contributed by atoms with E-state index in [0.29, 0.717) is 0 Å². The smallest absolute Gasteiger partial charge is 0.0655 e. The molecule has 4 rings (SSSR count). The van der Waals surface area contributed by atoms with Crippen molar-refractivity contribution in [3.8, 4) is 0 Å². The van der Waals surface area contributed by atoms with Crippen LogP contribution in [0.2, 0.25) is 0 Å². The number of hydrogen-bond acceptors (Lipinski definition) is 3. The van der Waals surface area contributed by atoms with E-state index in [2.05, 4.69) is 97.0 Å². The third-order valence-electron chi connectivity index (χ3n) is 5.16. The van der Waals surface area contributed by atoms with Crippen LogP contribution in [-0.4, -0.2) is 11.5 Å². The lowest BCUT2D eigenvalue weighted by molar-refractivity contribution is 1.06. The maximum atomic E-state index is 4.42. The monoisotopic (exact) mass is 410 g/mol. The Bertz CT molecular complexity index is 1280. The fourth-order valence-electron chi connectivity index (χ4n) is 3.58. The van der Waals surface area contributed by atoms with Crippen molar-refractivity contribution in [3.05, 3.63) is 100 Å². The minimum absolute atomic E-state index is 0.881. The van der Waals surface area contributed by atoms with E-state index >= 15 is 0 Å². The maximum Gasteiger partial charge on any atom is 0.0655 e. The van der Waals surface area contributed by atoms with Gasteiger partial charge in [-0.2, -0.15) is 0 Å². The molecule has 0 saturated heterocycles. The molecule has 0 spiro atoms. The van der Waals surface area contributed by atoms with Crippen molar-refractivity contribution in [1.82, 2.24) is 4.98 Å². The molecule has 0 fully saturated rings. The Kier molecular flexibility index (Phi) is 6.41. The Balaban J connectivity index is 1.57. The normalized spacial score (nSPS) is 13.2. The summed E-state index contributed by atoms with van der Waals surface area (Å²) in [5, 5.41) is 6.24. The summed E-state index contributed by atoms with van der Waals surface area (Å²) in [4.78, 5) is 4.42. The summed E-state index contributed by atoms with van der Waals surface area (Å²) in [5.41, 5.74) is 4.64. The number of thiophene rings is 1. The zero-order valence-electron chi connectivity index (χ0n) is 17.4. The van der Waals surface area contributed by atoms with E-state index in [4.69, 9.17) is 0 Å². The van der Waals surface area contributed by atoms with Crippen molar-refractivity contribution >= 4 is 44.8 Å². The molecule has 0 saturated carbocycles. The van der Waals surface area contributed by atoms with Crippen LogP contribution in [0, 0.1) is 0 Å². The Labute approximate surface area is 181 Å². The van der Waals surface area contributed by atoms with Gasteiger partial charge in [-0.1, -0.05) is 54.6 Å². The average Bonchev–Trinajstić information content (AvgIpc) is 3.15. The van der Waals surface area contributed by atoms with Crippen molar-refractivity contribution < 1.29 is 0 Å². The fraction of sp³-hybridized carbons (Fsp3) is 0.148. The lowest BCUT2D eigenvalue weighted by Gasteiger charge is -2.09. The van der Waals surface area contributed by atoms with Crippen molar-refractivity contribution in [2.75, 3.05) is 11.9 Å². The first-order valence-corrected chi connectivity index (χ1v) is 11.1. The SMILES string of the molecule is C/C=c1/sc2ccccc2/c1=C\c1ccccc1NCC/C=C(\C)c1ccccn1. The third-order valence-corrected chi connectivity index (χ3v) is 6.42. The number of pyridine rings is 1. The molecule has 1 N–H and O–H groups in total. The number of para-hydroxylation sites is 1. The van der Waals surface area contributed by atoms with Gasteiger partial charge in [-0.3, -0.25) is 4.98 Å². The molecule has 2 aromatic carbocycles. The molecule has 0 bridgehead atoms. The molecule has 0 aliphatic rings. The van der Waals surface area contributed by atoms with Gasteiger partial charge < -0.3 is 5.32 Å². The van der Waals surface area contributed by atoms with Gasteiger partial charge in [0.15, 0.2) is 0 Å². The van der Waals surface area contributed by atoms with Gasteiger partial charge in [0.1, 0.15) is 0 Å². The van der Waals surface area contributed by atoms with Gasteiger partial charge in [0.25, 0.3) is 0 Å². The molecule has 4 aromatic rings. The number of hydrogen-bond donors (Lipinski definition) is 1. The van der Waals surface area contributed by atoms with Gasteiger partial charge in [-0.25, -0.2) is 0 Å². The van der Waals surface area contributed by atoms with Gasteiger partial charge in [-0.05, 0) is 61.7 Å². The number of fused-ring (bicyclic) bond motifs is 1. The van der Waals surface area contributed by atoms with Crippen LogP contribution in [0.3, 0.4) is 0 Å². The highest BCUT2D eigenvalue weighted by Crippen LogP contribution is 2.18. The molecule has 150 valence electrons. The van der Waals surface area contributed by atoms with Crippen LogP contribution >= 0.6 is 11.3 Å². The zero-order chi connectivity index (χ0) is 20.8. The molecule has 0 atom stereocenters. The van der Waals surface area contributed by atoms with Gasteiger partial charge in [-0.15, -0.1) is 11.3 Å². The number of nitrogens with one attached hydrogen (secondary N) is 1. The van der Waals surface area contributed by atoms with Crippen molar-refractivity contribution in [2.45, 2.75) is 20.3 Å². The molecule has 0 amide bonds. The Morgan fingerprint density at radius 2 is 1.80 bits per heavy atom. The molecule has 0 aliphatic carbocycles. The van der Waals surface area contributed by atoms with E-state index in [1.165, 1.54) is 36.7 Å². The summed E-state index contributed by atoms with van der Waals surface area (Å²) in [6.45, 7) is 5.11. The first-order valence-electron chi connectivity index (χ1n) is 10.3. The molecule has 2 nitrogen and oxygen atoms in total. The predicted molar refractivity (Wildman–Crippen MR) is 132 cm³/mol. The second-order valence-corrected chi connectivity index (χ2v) is 8.30. The standard InChI is InChI=1S/C27H26N2S/c1-3-26-23(22-13-5-7-16-27(22)30-26)19-21-12-4-6-15-25(21)29-18-10-11-20(2)24-14-8-9-17-28-24/h3-9,11-17,19,29H,10,18H2,1-2H3/b20-11+,23-19+,26-3+. The summed E-state index contributed by atoms with van der Waals surface area (Å²) >= 11 is 1.85. The van der Waals surface area contributed by atoms with Crippen molar-refractivity contribution in [2.24, 2.45) is 0 Å². The molecule has 2 heterocycles. The van der Waals surface area contributed by atoms with Crippen LogP contribution in [0.1, 0.15) is 31.5 Å². The van der Waals surface area contributed by atoms with E-state index in [1.54, 1.807) is 0 Å². The van der Waals surface area contributed by atoms with Gasteiger partial charge in [0.05, 0.1) is 5.69 Å². The highest BCUT2D eigenvalue weighted by Gasteiger charge is 2.03. The number of benzene rings is 2. The number of rotatable bonds is 6. The van der Waals surface area contributed by atoms with E-state index in [1.807, 2.05) is 29.7 Å². The molecular formula is C27H26N2S. The quantitative estimate of drug-likeness (QED) is 0.405. The summed E-state index contributed by atoms with van der Waals surface area (Å²) in [6.07, 6.45) is 9.56. The first kappa shape index (κ1) is 20.1. The summed E-state index contributed by atoms with van der Waals surface area (Å²) < 4.78 is 2.65. The van der Waals surface area contributed by atoms with Gasteiger partial charge in [0, 0.05) is 38.3 Å². The van der Waals surface area contributed by atoms with Crippen LogP contribution in [0.4, 0.5) is 5.69 Å². The molecule has 0 aliphatic heterocycles. The minimum atomic E-state index is 0.881.